The molecule has 5 rings (SSSR count). The Morgan fingerprint density at radius 2 is 2.27 bits per heavy atom. The minimum atomic E-state index is 0.0119. The molecule has 0 spiro atoms. The SMILES string of the molecule is Cc1cccc2[nH]c([C@@H]3CCCN(C(=O)c4cn5ccsc5n4)C3)nc12. The first kappa shape index (κ1) is 15.6. The van der Waals surface area contributed by atoms with Gasteiger partial charge in [-0.1, -0.05) is 12.1 Å². The van der Waals surface area contributed by atoms with Crippen LogP contribution in [0.15, 0.2) is 36.0 Å². The highest BCUT2D eigenvalue weighted by molar-refractivity contribution is 7.15. The lowest BCUT2D eigenvalue weighted by Gasteiger charge is -2.31. The molecule has 0 radical (unpaired) electrons. The average Bonchev–Trinajstić information content (AvgIpc) is 3.35. The summed E-state index contributed by atoms with van der Waals surface area (Å²) in [4.78, 5) is 28.4. The first-order valence-electron chi connectivity index (χ1n) is 8.86. The van der Waals surface area contributed by atoms with Crippen LogP contribution in [0, 0.1) is 6.92 Å². The van der Waals surface area contributed by atoms with Crippen LogP contribution in [-0.2, 0) is 0 Å². The number of aromatic amines is 1. The van der Waals surface area contributed by atoms with Crippen molar-refractivity contribution in [1.82, 2.24) is 24.3 Å². The molecule has 1 aromatic carbocycles. The zero-order valence-electron chi connectivity index (χ0n) is 14.5. The average molecular weight is 365 g/mol. The Morgan fingerprint density at radius 3 is 3.12 bits per heavy atom. The summed E-state index contributed by atoms with van der Waals surface area (Å²) in [6.45, 7) is 3.54. The van der Waals surface area contributed by atoms with Crippen LogP contribution in [0.4, 0.5) is 0 Å². The fourth-order valence-corrected chi connectivity index (χ4v) is 4.47. The van der Waals surface area contributed by atoms with Crippen LogP contribution in [0.2, 0.25) is 0 Å². The largest absolute Gasteiger partial charge is 0.342 e. The Labute approximate surface area is 154 Å². The monoisotopic (exact) mass is 365 g/mol. The van der Waals surface area contributed by atoms with E-state index in [0.717, 1.165) is 41.2 Å². The van der Waals surface area contributed by atoms with Gasteiger partial charge in [-0.05, 0) is 31.4 Å². The van der Waals surface area contributed by atoms with E-state index in [2.05, 4.69) is 29.0 Å². The molecule has 1 atom stereocenters. The van der Waals surface area contributed by atoms with Gasteiger partial charge >= 0.3 is 0 Å². The number of likely N-dealkylation sites (tertiary alicyclic amines) is 1. The molecule has 0 unspecified atom stereocenters. The molecule has 1 fully saturated rings. The van der Waals surface area contributed by atoms with Crippen LogP contribution >= 0.6 is 11.3 Å². The number of piperidine rings is 1. The number of amides is 1. The number of nitrogens with zero attached hydrogens (tertiary/aromatic N) is 4. The van der Waals surface area contributed by atoms with Crippen molar-refractivity contribution >= 4 is 33.2 Å². The van der Waals surface area contributed by atoms with Crippen LogP contribution in [0.3, 0.4) is 0 Å². The van der Waals surface area contributed by atoms with E-state index >= 15 is 0 Å². The van der Waals surface area contributed by atoms with Gasteiger partial charge in [0, 0.05) is 36.8 Å². The summed E-state index contributed by atoms with van der Waals surface area (Å²) >= 11 is 1.54. The smallest absolute Gasteiger partial charge is 0.274 e. The summed E-state index contributed by atoms with van der Waals surface area (Å²) < 4.78 is 1.90. The number of carbonyl (C=O) groups excluding carboxylic acids is 1. The highest BCUT2D eigenvalue weighted by Gasteiger charge is 2.28. The normalized spacial score (nSPS) is 18.0. The maximum Gasteiger partial charge on any atom is 0.274 e. The Balaban J connectivity index is 1.40. The van der Waals surface area contributed by atoms with Crippen molar-refractivity contribution in [3.63, 3.8) is 0 Å². The van der Waals surface area contributed by atoms with E-state index in [4.69, 9.17) is 4.98 Å². The summed E-state index contributed by atoms with van der Waals surface area (Å²) in [6.07, 6.45) is 5.78. The molecular weight excluding hydrogens is 346 g/mol. The van der Waals surface area contributed by atoms with E-state index in [1.54, 1.807) is 0 Å². The quantitative estimate of drug-likeness (QED) is 0.590. The number of benzene rings is 1. The number of aryl methyl sites for hydroxylation is 1. The lowest BCUT2D eigenvalue weighted by molar-refractivity contribution is 0.0699. The highest BCUT2D eigenvalue weighted by Crippen LogP contribution is 2.28. The number of imidazole rings is 2. The Bertz CT molecular complexity index is 1080. The molecule has 3 aromatic heterocycles. The van der Waals surface area contributed by atoms with E-state index in [0.29, 0.717) is 12.2 Å². The van der Waals surface area contributed by atoms with Gasteiger partial charge in [0.2, 0.25) is 0 Å². The second-order valence-corrected chi connectivity index (χ2v) is 7.78. The molecule has 7 heteroatoms. The molecule has 0 bridgehead atoms. The fourth-order valence-electron chi connectivity index (χ4n) is 3.77. The van der Waals surface area contributed by atoms with Crippen LogP contribution in [-0.4, -0.2) is 43.2 Å². The molecule has 1 saturated heterocycles. The molecule has 4 aromatic rings. The lowest BCUT2D eigenvalue weighted by atomic mass is 9.97. The van der Waals surface area contributed by atoms with E-state index in [-0.39, 0.29) is 11.8 Å². The van der Waals surface area contributed by atoms with Gasteiger partial charge in [-0.2, -0.15) is 0 Å². The van der Waals surface area contributed by atoms with Gasteiger partial charge in [-0.25, -0.2) is 9.97 Å². The fraction of sp³-hybridized carbons (Fsp3) is 0.316. The first-order valence-corrected chi connectivity index (χ1v) is 9.74. The molecule has 4 heterocycles. The number of thiazole rings is 1. The van der Waals surface area contributed by atoms with Crippen molar-refractivity contribution < 1.29 is 4.79 Å². The number of hydrogen-bond acceptors (Lipinski definition) is 4. The van der Waals surface area contributed by atoms with Crippen molar-refractivity contribution in [3.8, 4) is 0 Å². The maximum atomic E-state index is 12.9. The van der Waals surface area contributed by atoms with Gasteiger partial charge in [0.1, 0.15) is 11.5 Å². The van der Waals surface area contributed by atoms with Gasteiger partial charge in [-0.3, -0.25) is 9.20 Å². The molecular formula is C19H19N5OS. The lowest BCUT2D eigenvalue weighted by Crippen LogP contribution is -2.39. The minimum absolute atomic E-state index is 0.0119. The topological polar surface area (TPSA) is 66.3 Å². The minimum Gasteiger partial charge on any atom is -0.342 e. The maximum absolute atomic E-state index is 12.9. The second-order valence-electron chi connectivity index (χ2n) is 6.90. The van der Waals surface area contributed by atoms with Crippen molar-refractivity contribution in [2.75, 3.05) is 13.1 Å². The summed E-state index contributed by atoms with van der Waals surface area (Å²) in [5.74, 6) is 1.23. The van der Waals surface area contributed by atoms with Crippen molar-refractivity contribution in [2.24, 2.45) is 0 Å². The molecule has 26 heavy (non-hydrogen) atoms. The van der Waals surface area contributed by atoms with Crippen molar-refractivity contribution in [2.45, 2.75) is 25.7 Å². The van der Waals surface area contributed by atoms with Gasteiger partial charge < -0.3 is 9.88 Å². The van der Waals surface area contributed by atoms with Crippen molar-refractivity contribution in [3.05, 3.63) is 53.1 Å². The van der Waals surface area contributed by atoms with Gasteiger partial charge in [0.15, 0.2) is 4.96 Å². The summed E-state index contributed by atoms with van der Waals surface area (Å²) in [5.41, 5.74) is 3.79. The Hall–Kier alpha value is -2.67. The summed E-state index contributed by atoms with van der Waals surface area (Å²) in [7, 11) is 0. The van der Waals surface area contributed by atoms with E-state index in [9.17, 15) is 4.79 Å². The zero-order valence-corrected chi connectivity index (χ0v) is 15.3. The number of fused-ring (bicyclic) bond motifs is 2. The van der Waals surface area contributed by atoms with Gasteiger partial charge in [-0.15, -0.1) is 11.3 Å². The predicted molar refractivity (Wildman–Crippen MR) is 102 cm³/mol. The molecule has 0 aliphatic carbocycles. The summed E-state index contributed by atoms with van der Waals surface area (Å²) in [5, 5.41) is 1.97. The number of H-pyrrole nitrogens is 1. The van der Waals surface area contributed by atoms with Crippen LogP contribution in [0.25, 0.3) is 16.0 Å². The summed E-state index contributed by atoms with van der Waals surface area (Å²) in [6, 6.07) is 6.18. The highest BCUT2D eigenvalue weighted by atomic mass is 32.1. The number of carbonyl (C=O) groups is 1. The van der Waals surface area contributed by atoms with Crippen LogP contribution < -0.4 is 0 Å². The Kier molecular flexibility index (Phi) is 3.56. The molecule has 1 aliphatic rings. The number of hydrogen-bond donors (Lipinski definition) is 1. The van der Waals surface area contributed by atoms with E-state index in [1.165, 1.54) is 16.9 Å². The number of nitrogens with one attached hydrogen (secondary N) is 1. The third-order valence-electron chi connectivity index (χ3n) is 5.14. The number of rotatable bonds is 2. The van der Waals surface area contributed by atoms with Crippen molar-refractivity contribution in [1.29, 1.82) is 0 Å². The third-order valence-corrected chi connectivity index (χ3v) is 5.91. The predicted octanol–water partition coefficient (Wildman–Crippen LogP) is 3.60. The molecule has 6 nitrogen and oxygen atoms in total. The molecule has 1 amide bonds. The first-order chi connectivity index (χ1) is 12.7. The number of para-hydroxylation sites is 1. The Morgan fingerprint density at radius 1 is 1.35 bits per heavy atom. The standard InChI is InChI=1S/C19H19N5OS/c1-12-4-2-6-14-16(12)22-17(20-14)13-5-3-7-23(10-13)18(25)15-11-24-8-9-26-19(24)21-15/h2,4,6,8-9,11,13H,3,5,7,10H2,1H3,(H,20,22)/t13-/m1/s1. The van der Waals surface area contributed by atoms with Gasteiger partial charge in [0.25, 0.3) is 5.91 Å². The van der Waals surface area contributed by atoms with Crippen LogP contribution in [0.1, 0.15) is 40.6 Å². The van der Waals surface area contributed by atoms with Gasteiger partial charge in [0.05, 0.1) is 11.0 Å². The molecule has 0 saturated carbocycles. The number of aromatic nitrogens is 4. The molecule has 132 valence electrons. The second kappa shape index (κ2) is 5.95. The zero-order chi connectivity index (χ0) is 17.7. The van der Waals surface area contributed by atoms with Crippen LogP contribution in [0.5, 0.6) is 0 Å². The third kappa shape index (κ3) is 2.50. The van der Waals surface area contributed by atoms with E-state index < -0.39 is 0 Å². The van der Waals surface area contributed by atoms with E-state index in [1.807, 2.05) is 33.1 Å². The molecule has 1 N–H and O–H groups in total. The molecule has 1 aliphatic heterocycles.